The third-order valence-electron chi connectivity index (χ3n) is 3.77. The molecule has 1 amide bonds. The van der Waals surface area contributed by atoms with Crippen LogP contribution in [0, 0.1) is 6.92 Å². The Hall–Kier alpha value is -2.56. The minimum atomic E-state index is -4.98. The van der Waals surface area contributed by atoms with Crippen LogP contribution in [0.3, 0.4) is 0 Å². The van der Waals surface area contributed by atoms with Crippen LogP contribution in [0.25, 0.3) is 10.2 Å². The number of hydrogen-bond donors (Lipinski definition) is 1. The van der Waals surface area contributed by atoms with Crippen LogP contribution in [0.5, 0.6) is 0 Å². The number of anilines is 1. The summed E-state index contributed by atoms with van der Waals surface area (Å²) in [6, 6.07) is 2.43. The molecule has 3 aromatic rings. The third kappa shape index (κ3) is 3.77. The van der Waals surface area contributed by atoms with E-state index in [0.29, 0.717) is 28.0 Å². The number of aryl methyl sites for hydroxylation is 2. The maximum absolute atomic E-state index is 12.9. The Morgan fingerprint density at radius 3 is 2.07 bits per heavy atom. The number of alkyl halides is 6. The highest BCUT2D eigenvalue weighted by atomic mass is 32.1. The number of carbonyl (C=O) groups excluding carboxylic acids is 1. The van der Waals surface area contributed by atoms with Crippen molar-refractivity contribution < 1.29 is 31.1 Å². The molecule has 0 fully saturated rings. The fraction of sp³-hybridized carbons (Fsp3) is 0.250. The van der Waals surface area contributed by atoms with E-state index in [2.05, 4.69) is 10.4 Å². The lowest BCUT2D eigenvalue weighted by atomic mass is 10.1. The van der Waals surface area contributed by atoms with Crippen molar-refractivity contribution in [3.8, 4) is 0 Å². The van der Waals surface area contributed by atoms with Gasteiger partial charge < -0.3 is 5.32 Å². The minimum Gasteiger partial charge on any atom is -0.321 e. The van der Waals surface area contributed by atoms with Crippen LogP contribution in [-0.2, 0) is 19.4 Å². The van der Waals surface area contributed by atoms with Crippen LogP contribution in [0.1, 0.15) is 26.5 Å². The molecular weight excluding hydrogens is 396 g/mol. The monoisotopic (exact) mass is 407 g/mol. The lowest BCUT2D eigenvalue weighted by Gasteiger charge is -2.14. The zero-order valence-corrected chi connectivity index (χ0v) is 14.6. The Labute approximate surface area is 152 Å². The summed E-state index contributed by atoms with van der Waals surface area (Å²) in [4.78, 5) is 13.1. The molecule has 4 nitrogen and oxygen atoms in total. The van der Waals surface area contributed by atoms with Crippen LogP contribution in [0.15, 0.2) is 24.3 Å². The first-order valence-corrected chi connectivity index (χ1v) is 8.22. The van der Waals surface area contributed by atoms with Gasteiger partial charge in [-0.05, 0) is 31.2 Å². The second-order valence-corrected chi connectivity index (χ2v) is 6.82. The Morgan fingerprint density at radius 1 is 1.04 bits per heavy atom. The number of halogens is 6. The fourth-order valence-corrected chi connectivity index (χ4v) is 3.56. The summed E-state index contributed by atoms with van der Waals surface area (Å²) in [6.07, 6.45) is -9.97. The van der Waals surface area contributed by atoms with E-state index < -0.39 is 35.1 Å². The predicted octanol–water partition coefficient (Wildman–Crippen LogP) is 5.23. The number of fused-ring (bicyclic) bond motifs is 1. The summed E-state index contributed by atoms with van der Waals surface area (Å²) in [5.74, 6) is -0.803. The summed E-state index contributed by atoms with van der Waals surface area (Å²) in [5.41, 5.74) is -2.93. The van der Waals surface area contributed by atoms with Gasteiger partial charge in [-0.15, -0.1) is 11.3 Å². The number of nitrogens with zero attached hydrogens (tertiary/aromatic N) is 2. The van der Waals surface area contributed by atoms with Crippen molar-refractivity contribution in [2.45, 2.75) is 19.3 Å². The number of carbonyl (C=O) groups is 1. The van der Waals surface area contributed by atoms with Crippen LogP contribution in [0.4, 0.5) is 32.0 Å². The molecule has 1 N–H and O–H groups in total. The average Bonchev–Trinajstić information content (AvgIpc) is 3.07. The van der Waals surface area contributed by atoms with Crippen molar-refractivity contribution in [2.75, 3.05) is 5.32 Å². The quantitative estimate of drug-likeness (QED) is 0.591. The van der Waals surface area contributed by atoms with Crippen molar-refractivity contribution in [3.63, 3.8) is 0 Å². The molecule has 0 bridgehead atoms. The fourth-order valence-electron chi connectivity index (χ4n) is 2.54. The number of amides is 1. The second-order valence-electron chi connectivity index (χ2n) is 5.79. The van der Waals surface area contributed by atoms with Gasteiger partial charge in [-0.25, -0.2) is 0 Å². The molecule has 0 saturated heterocycles. The van der Waals surface area contributed by atoms with Gasteiger partial charge in [-0.2, -0.15) is 31.4 Å². The molecule has 0 aliphatic rings. The topological polar surface area (TPSA) is 46.9 Å². The molecule has 11 heteroatoms. The summed E-state index contributed by atoms with van der Waals surface area (Å²) < 4.78 is 78.9. The highest BCUT2D eigenvalue weighted by Gasteiger charge is 2.37. The summed E-state index contributed by atoms with van der Waals surface area (Å²) in [5, 5.41) is 6.96. The molecule has 0 spiro atoms. The van der Waals surface area contributed by atoms with E-state index >= 15 is 0 Å². The van der Waals surface area contributed by atoms with Crippen LogP contribution in [-0.4, -0.2) is 15.7 Å². The predicted molar refractivity (Wildman–Crippen MR) is 87.7 cm³/mol. The minimum absolute atomic E-state index is 0.00409. The van der Waals surface area contributed by atoms with E-state index in [1.165, 1.54) is 10.7 Å². The first kappa shape index (κ1) is 19.2. The van der Waals surface area contributed by atoms with Gasteiger partial charge in [0.05, 0.1) is 21.7 Å². The SMILES string of the molecule is Cc1nn(C)c2sc(C(=O)Nc3cc(C(F)(F)F)cc(C(F)(F)F)c3)cc12. The average molecular weight is 407 g/mol. The highest BCUT2D eigenvalue weighted by molar-refractivity contribution is 7.20. The Bertz CT molecular complexity index is 965. The zero-order valence-electron chi connectivity index (χ0n) is 13.8. The molecule has 2 aromatic heterocycles. The van der Waals surface area contributed by atoms with Crippen LogP contribution in [0.2, 0.25) is 0 Å². The first-order valence-electron chi connectivity index (χ1n) is 7.40. The van der Waals surface area contributed by atoms with E-state index in [4.69, 9.17) is 0 Å². The molecule has 0 aliphatic heterocycles. The molecule has 1 aromatic carbocycles. The van der Waals surface area contributed by atoms with Gasteiger partial charge in [0.25, 0.3) is 5.91 Å². The molecule has 3 rings (SSSR count). The van der Waals surface area contributed by atoms with Crippen molar-refractivity contribution in [1.29, 1.82) is 0 Å². The molecule has 0 aliphatic carbocycles. The van der Waals surface area contributed by atoms with Crippen LogP contribution >= 0.6 is 11.3 Å². The lowest BCUT2D eigenvalue weighted by Crippen LogP contribution is -2.15. The van der Waals surface area contributed by atoms with Gasteiger partial charge in [0.15, 0.2) is 0 Å². The van der Waals surface area contributed by atoms with Gasteiger partial charge >= 0.3 is 12.4 Å². The Kier molecular flexibility index (Phi) is 4.45. The number of rotatable bonds is 2. The maximum atomic E-state index is 12.9. The molecule has 27 heavy (non-hydrogen) atoms. The van der Waals surface area contributed by atoms with Crippen LogP contribution < -0.4 is 5.32 Å². The number of benzene rings is 1. The van der Waals surface area contributed by atoms with Gasteiger partial charge in [-0.3, -0.25) is 9.48 Å². The second kappa shape index (κ2) is 6.25. The number of hydrogen-bond acceptors (Lipinski definition) is 3. The Morgan fingerprint density at radius 2 is 1.59 bits per heavy atom. The smallest absolute Gasteiger partial charge is 0.321 e. The van der Waals surface area contributed by atoms with E-state index in [-0.39, 0.29) is 10.9 Å². The number of nitrogens with one attached hydrogen (secondary N) is 1. The molecule has 144 valence electrons. The lowest BCUT2D eigenvalue weighted by molar-refractivity contribution is -0.143. The molecule has 0 saturated carbocycles. The van der Waals surface area contributed by atoms with Crippen molar-refractivity contribution in [2.24, 2.45) is 7.05 Å². The molecule has 0 atom stereocenters. The van der Waals surface area contributed by atoms with E-state index in [1.54, 1.807) is 14.0 Å². The maximum Gasteiger partial charge on any atom is 0.416 e. The van der Waals surface area contributed by atoms with Crippen molar-refractivity contribution in [1.82, 2.24) is 9.78 Å². The largest absolute Gasteiger partial charge is 0.416 e. The summed E-state index contributed by atoms with van der Waals surface area (Å²) >= 11 is 1.04. The third-order valence-corrected chi connectivity index (χ3v) is 4.97. The van der Waals surface area contributed by atoms with Crippen molar-refractivity contribution in [3.05, 3.63) is 46.0 Å². The van der Waals surface area contributed by atoms with Gasteiger partial charge in [0, 0.05) is 18.1 Å². The summed E-state index contributed by atoms with van der Waals surface area (Å²) in [6.45, 7) is 1.72. The first-order chi connectivity index (χ1) is 12.4. The van der Waals surface area contributed by atoms with E-state index in [0.717, 1.165) is 11.3 Å². The number of aromatic nitrogens is 2. The standard InChI is InChI=1S/C16H11F6N3OS/c1-7-11-6-12(27-14(11)25(2)24-7)13(26)23-10-4-8(15(17,18)19)3-9(5-10)16(20,21)22/h3-6H,1-2H3,(H,23,26). The van der Waals surface area contributed by atoms with Crippen molar-refractivity contribution >= 4 is 33.1 Å². The summed E-state index contributed by atoms with van der Waals surface area (Å²) in [7, 11) is 1.66. The number of thiophene rings is 1. The normalized spacial score (nSPS) is 12.6. The highest BCUT2D eigenvalue weighted by Crippen LogP contribution is 2.38. The van der Waals surface area contributed by atoms with Gasteiger partial charge in [-0.1, -0.05) is 0 Å². The molecule has 0 radical (unpaired) electrons. The van der Waals surface area contributed by atoms with E-state index in [1.807, 2.05) is 0 Å². The zero-order chi connectivity index (χ0) is 20.1. The van der Waals surface area contributed by atoms with E-state index in [9.17, 15) is 31.1 Å². The van der Waals surface area contributed by atoms with Gasteiger partial charge in [0.1, 0.15) is 4.83 Å². The molecule has 0 unspecified atom stereocenters. The molecule has 2 heterocycles. The molecular formula is C16H11F6N3OS. The van der Waals surface area contributed by atoms with Gasteiger partial charge in [0.2, 0.25) is 0 Å². The Balaban J connectivity index is 1.97.